The van der Waals surface area contributed by atoms with Crippen molar-refractivity contribution in [3.8, 4) is 11.1 Å². The molecule has 132 valence electrons. The van der Waals surface area contributed by atoms with Gasteiger partial charge in [-0.2, -0.15) is 0 Å². The molecule has 0 radical (unpaired) electrons. The molecule has 8 nitrogen and oxygen atoms in total. The number of nitrogens with two attached hydrogens (primary N) is 1. The number of nitrogens with one attached hydrogen (secondary N) is 2. The summed E-state index contributed by atoms with van der Waals surface area (Å²) in [6.07, 6.45) is 1.58. The SMILES string of the molecule is CNC(=O)c1ccc2c(N)ncc(-c3ccc4c(c3)CS(=O)(=O)N4)c2n1. The number of carbonyl (C=O) groups excluding carboxylic acids is 1. The van der Waals surface area contributed by atoms with Crippen molar-refractivity contribution in [2.24, 2.45) is 0 Å². The Morgan fingerprint density at radius 1 is 1.27 bits per heavy atom. The van der Waals surface area contributed by atoms with Crippen LogP contribution < -0.4 is 15.8 Å². The molecule has 1 aromatic carbocycles. The number of hydrogen-bond acceptors (Lipinski definition) is 6. The molecule has 0 atom stereocenters. The molecule has 1 aliphatic heterocycles. The molecular weight excluding hydrogens is 354 g/mol. The number of amides is 1. The van der Waals surface area contributed by atoms with Crippen molar-refractivity contribution in [1.29, 1.82) is 0 Å². The number of benzene rings is 1. The van der Waals surface area contributed by atoms with E-state index >= 15 is 0 Å². The maximum atomic E-state index is 11.9. The van der Waals surface area contributed by atoms with Crippen LogP contribution in [0.3, 0.4) is 0 Å². The third kappa shape index (κ3) is 2.62. The molecule has 2 aromatic heterocycles. The lowest BCUT2D eigenvalue weighted by molar-refractivity contribution is 0.0958. The van der Waals surface area contributed by atoms with Gasteiger partial charge in [-0.25, -0.2) is 18.4 Å². The first-order valence-corrected chi connectivity index (χ1v) is 9.44. The molecule has 3 heterocycles. The summed E-state index contributed by atoms with van der Waals surface area (Å²) in [5.74, 6) is -0.0736. The number of carbonyl (C=O) groups is 1. The summed E-state index contributed by atoms with van der Waals surface area (Å²) in [7, 11) is -1.80. The van der Waals surface area contributed by atoms with E-state index in [1.165, 1.54) is 7.05 Å². The van der Waals surface area contributed by atoms with Gasteiger partial charge in [0.1, 0.15) is 11.5 Å². The third-order valence-electron chi connectivity index (χ3n) is 4.25. The van der Waals surface area contributed by atoms with Crippen LogP contribution in [0, 0.1) is 0 Å². The molecule has 0 spiro atoms. The summed E-state index contributed by atoms with van der Waals surface area (Å²) in [6, 6.07) is 8.57. The van der Waals surface area contributed by atoms with E-state index in [0.717, 1.165) is 5.56 Å². The van der Waals surface area contributed by atoms with Crippen LogP contribution in [0.15, 0.2) is 36.5 Å². The van der Waals surface area contributed by atoms with Crippen LogP contribution in [0.4, 0.5) is 11.5 Å². The maximum Gasteiger partial charge on any atom is 0.269 e. The molecule has 1 amide bonds. The van der Waals surface area contributed by atoms with Gasteiger partial charge in [-0.1, -0.05) is 6.07 Å². The van der Waals surface area contributed by atoms with Gasteiger partial charge in [0.15, 0.2) is 0 Å². The predicted molar refractivity (Wildman–Crippen MR) is 99.0 cm³/mol. The number of aromatic nitrogens is 2. The maximum absolute atomic E-state index is 11.9. The number of rotatable bonds is 2. The number of sulfonamides is 1. The molecule has 0 unspecified atom stereocenters. The topological polar surface area (TPSA) is 127 Å². The number of anilines is 2. The molecule has 0 saturated carbocycles. The monoisotopic (exact) mass is 369 g/mol. The minimum absolute atomic E-state index is 0.0760. The van der Waals surface area contributed by atoms with E-state index in [1.54, 1.807) is 36.5 Å². The van der Waals surface area contributed by atoms with E-state index in [9.17, 15) is 13.2 Å². The summed E-state index contributed by atoms with van der Waals surface area (Å²) >= 11 is 0. The van der Waals surface area contributed by atoms with Gasteiger partial charge in [0, 0.05) is 24.2 Å². The third-order valence-corrected chi connectivity index (χ3v) is 5.47. The van der Waals surface area contributed by atoms with E-state index in [0.29, 0.717) is 33.5 Å². The largest absolute Gasteiger partial charge is 0.383 e. The fourth-order valence-electron chi connectivity index (χ4n) is 2.99. The summed E-state index contributed by atoms with van der Waals surface area (Å²) in [5.41, 5.74) is 9.41. The van der Waals surface area contributed by atoms with Crippen molar-refractivity contribution in [2.75, 3.05) is 17.5 Å². The minimum Gasteiger partial charge on any atom is -0.383 e. The minimum atomic E-state index is -3.33. The Hall–Kier alpha value is -3.20. The Kier molecular flexibility index (Phi) is 3.55. The Labute approximate surface area is 149 Å². The van der Waals surface area contributed by atoms with Crippen LogP contribution in [-0.4, -0.2) is 31.3 Å². The van der Waals surface area contributed by atoms with Gasteiger partial charge >= 0.3 is 0 Å². The average Bonchev–Trinajstić information content (AvgIpc) is 2.94. The number of pyridine rings is 2. The molecule has 26 heavy (non-hydrogen) atoms. The van der Waals surface area contributed by atoms with Gasteiger partial charge in [-0.05, 0) is 35.4 Å². The van der Waals surface area contributed by atoms with Crippen LogP contribution in [0.25, 0.3) is 22.0 Å². The molecule has 4 N–H and O–H groups in total. The number of hydrogen-bond donors (Lipinski definition) is 3. The first kappa shape index (κ1) is 16.3. The van der Waals surface area contributed by atoms with Gasteiger partial charge < -0.3 is 11.1 Å². The average molecular weight is 369 g/mol. The van der Waals surface area contributed by atoms with Crippen LogP contribution in [0.5, 0.6) is 0 Å². The highest BCUT2D eigenvalue weighted by Crippen LogP contribution is 2.34. The van der Waals surface area contributed by atoms with Crippen molar-refractivity contribution in [3.05, 3.63) is 47.8 Å². The van der Waals surface area contributed by atoms with E-state index in [2.05, 4.69) is 20.0 Å². The molecule has 4 rings (SSSR count). The first-order valence-electron chi connectivity index (χ1n) is 7.79. The van der Waals surface area contributed by atoms with Crippen LogP contribution in [0.1, 0.15) is 16.1 Å². The second kappa shape index (κ2) is 5.67. The van der Waals surface area contributed by atoms with Gasteiger partial charge in [-0.3, -0.25) is 9.52 Å². The second-order valence-electron chi connectivity index (χ2n) is 5.96. The molecule has 1 aliphatic rings. The highest BCUT2D eigenvalue weighted by atomic mass is 32.2. The molecule has 0 fully saturated rings. The zero-order valence-corrected chi connectivity index (χ0v) is 14.6. The zero-order chi connectivity index (χ0) is 18.5. The number of nitrogen functional groups attached to an aromatic ring is 1. The van der Waals surface area contributed by atoms with Crippen LogP contribution in [-0.2, 0) is 15.8 Å². The quantitative estimate of drug-likeness (QED) is 0.628. The Morgan fingerprint density at radius 2 is 2.08 bits per heavy atom. The van der Waals surface area contributed by atoms with E-state index < -0.39 is 10.0 Å². The van der Waals surface area contributed by atoms with Gasteiger partial charge in [0.05, 0.1) is 17.0 Å². The first-order chi connectivity index (χ1) is 12.4. The van der Waals surface area contributed by atoms with Gasteiger partial charge in [0.25, 0.3) is 5.91 Å². The lowest BCUT2D eigenvalue weighted by Gasteiger charge is -2.10. The smallest absolute Gasteiger partial charge is 0.269 e. The number of nitrogens with zero attached hydrogens (tertiary/aromatic N) is 2. The van der Waals surface area contributed by atoms with Gasteiger partial charge in [0.2, 0.25) is 10.0 Å². The molecule has 0 bridgehead atoms. The Morgan fingerprint density at radius 3 is 2.85 bits per heavy atom. The Balaban J connectivity index is 1.92. The van der Waals surface area contributed by atoms with Crippen molar-refractivity contribution in [2.45, 2.75) is 5.75 Å². The fraction of sp³-hybridized carbons (Fsp3) is 0.118. The van der Waals surface area contributed by atoms with Gasteiger partial charge in [-0.15, -0.1) is 0 Å². The second-order valence-corrected chi connectivity index (χ2v) is 7.68. The summed E-state index contributed by atoms with van der Waals surface area (Å²) < 4.78 is 26.0. The molecule has 0 saturated heterocycles. The normalized spacial score (nSPS) is 14.7. The van der Waals surface area contributed by atoms with Crippen molar-refractivity contribution < 1.29 is 13.2 Å². The van der Waals surface area contributed by atoms with Crippen LogP contribution >= 0.6 is 0 Å². The zero-order valence-electron chi connectivity index (χ0n) is 13.8. The fourth-order valence-corrected chi connectivity index (χ4v) is 4.24. The van der Waals surface area contributed by atoms with E-state index in [4.69, 9.17) is 5.73 Å². The summed E-state index contributed by atoms with van der Waals surface area (Å²) in [5, 5.41) is 3.17. The molecule has 3 aromatic rings. The van der Waals surface area contributed by atoms with Crippen molar-refractivity contribution >= 4 is 38.3 Å². The summed E-state index contributed by atoms with van der Waals surface area (Å²) in [6.45, 7) is 0. The Bertz CT molecular complexity index is 1170. The predicted octanol–water partition coefficient (Wildman–Crippen LogP) is 1.49. The lowest BCUT2D eigenvalue weighted by atomic mass is 10.0. The van der Waals surface area contributed by atoms with E-state index in [1.807, 2.05) is 0 Å². The molecule has 0 aliphatic carbocycles. The molecular formula is C17H15N5O3S. The summed E-state index contributed by atoms with van der Waals surface area (Å²) in [4.78, 5) is 20.6. The lowest BCUT2D eigenvalue weighted by Crippen LogP contribution is -2.19. The number of fused-ring (bicyclic) bond motifs is 2. The van der Waals surface area contributed by atoms with E-state index in [-0.39, 0.29) is 17.4 Å². The van der Waals surface area contributed by atoms with Crippen LogP contribution in [0.2, 0.25) is 0 Å². The van der Waals surface area contributed by atoms with Crippen molar-refractivity contribution in [3.63, 3.8) is 0 Å². The van der Waals surface area contributed by atoms with Crippen molar-refractivity contribution in [1.82, 2.24) is 15.3 Å². The highest BCUT2D eigenvalue weighted by Gasteiger charge is 2.24. The highest BCUT2D eigenvalue weighted by molar-refractivity contribution is 7.92. The molecule has 9 heteroatoms. The standard InChI is InChI=1S/C17H15N5O3S/c1-19-17(23)14-5-3-11-15(21-14)12(7-20-16(11)18)9-2-4-13-10(6-9)8-26(24,25)22-13/h2-7,22H,8H2,1H3,(H2,18,20)(H,19,23).